The molecule has 3 rings (SSSR count). The molecule has 1 heterocycles. The third-order valence-corrected chi connectivity index (χ3v) is 4.41. The molecule has 2 N–H and O–H groups in total. The molecule has 1 aliphatic heterocycles. The zero-order chi connectivity index (χ0) is 21.7. The first kappa shape index (κ1) is 21.0. The number of fused-ring (bicyclic) bond motifs is 1. The number of amides is 4. The first-order valence-electron chi connectivity index (χ1n) is 9.66. The van der Waals surface area contributed by atoms with Gasteiger partial charge in [-0.3, -0.25) is 19.3 Å². The van der Waals surface area contributed by atoms with Crippen molar-refractivity contribution >= 4 is 23.8 Å². The normalized spacial score (nSPS) is 12.7. The Bertz CT molecular complexity index is 972. The highest BCUT2D eigenvalue weighted by molar-refractivity contribution is 6.22. The molecule has 0 aliphatic carbocycles. The van der Waals surface area contributed by atoms with Gasteiger partial charge in [0.05, 0.1) is 11.1 Å². The van der Waals surface area contributed by atoms with Crippen molar-refractivity contribution in [1.29, 1.82) is 0 Å². The van der Waals surface area contributed by atoms with Gasteiger partial charge < -0.3 is 15.4 Å². The van der Waals surface area contributed by atoms with Crippen molar-refractivity contribution in [2.45, 2.75) is 13.8 Å². The van der Waals surface area contributed by atoms with Crippen LogP contribution in [0.1, 0.15) is 44.9 Å². The molecule has 0 fully saturated rings. The van der Waals surface area contributed by atoms with Crippen molar-refractivity contribution in [3.05, 3.63) is 65.2 Å². The van der Waals surface area contributed by atoms with Gasteiger partial charge >= 0.3 is 6.09 Å². The number of nitrogens with one attached hydrogen (secondary N) is 2. The standard InChI is InChI=1S/C22H23N3O5/c1-14(2)13-25-20(27)17-9-8-15(12-18(17)21(25)28)19(26)23-10-11-24-22(29)30-16-6-4-3-5-7-16/h3-9,12,14H,10-11,13H2,1-2H3,(H,23,26)(H,24,29). The van der Waals surface area contributed by atoms with Crippen LogP contribution in [0.3, 0.4) is 0 Å². The molecule has 0 bridgehead atoms. The second-order valence-electron chi connectivity index (χ2n) is 7.26. The molecule has 2 aromatic rings. The summed E-state index contributed by atoms with van der Waals surface area (Å²) in [5.74, 6) is -0.557. The maximum Gasteiger partial charge on any atom is 0.412 e. The molecule has 0 aromatic heterocycles. The van der Waals surface area contributed by atoms with Crippen molar-refractivity contribution < 1.29 is 23.9 Å². The summed E-state index contributed by atoms with van der Waals surface area (Å²) < 4.78 is 5.08. The van der Waals surface area contributed by atoms with E-state index >= 15 is 0 Å². The lowest BCUT2D eigenvalue weighted by molar-refractivity contribution is 0.0636. The molecule has 0 radical (unpaired) electrons. The second-order valence-corrected chi connectivity index (χ2v) is 7.26. The number of benzene rings is 2. The number of para-hydroxylation sites is 1. The third-order valence-electron chi connectivity index (χ3n) is 4.41. The summed E-state index contributed by atoms with van der Waals surface area (Å²) in [6.45, 7) is 4.52. The summed E-state index contributed by atoms with van der Waals surface area (Å²) in [6.07, 6.45) is -0.623. The Morgan fingerprint density at radius 3 is 2.30 bits per heavy atom. The van der Waals surface area contributed by atoms with E-state index in [1.807, 2.05) is 19.9 Å². The number of carbonyl (C=O) groups is 4. The first-order valence-corrected chi connectivity index (χ1v) is 9.66. The van der Waals surface area contributed by atoms with Crippen LogP contribution in [-0.2, 0) is 0 Å². The lowest BCUT2D eigenvalue weighted by atomic mass is 10.1. The first-order chi connectivity index (χ1) is 14.4. The Kier molecular flexibility index (Phi) is 6.46. The van der Waals surface area contributed by atoms with Crippen molar-refractivity contribution in [2.75, 3.05) is 19.6 Å². The molecular formula is C22H23N3O5. The fourth-order valence-electron chi connectivity index (χ4n) is 3.04. The van der Waals surface area contributed by atoms with Crippen LogP contribution in [0.4, 0.5) is 4.79 Å². The molecule has 8 heteroatoms. The van der Waals surface area contributed by atoms with Gasteiger partial charge in [0.25, 0.3) is 17.7 Å². The number of rotatable bonds is 7. The van der Waals surface area contributed by atoms with Crippen LogP contribution >= 0.6 is 0 Å². The molecule has 2 aromatic carbocycles. The summed E-state index contributed by atoms with van der Waals surface area (Å²) in [7, 11) is 0. The minimum atomic E-state index is -0.623. The number of nitrogens with zero attached hydrogens (tertiary/aromatic N) is 1. The van der Waals surface area contributed by atoms with Crippen molar-refractivity contribution in [3.8, 4) is 5.75 Å². The molecule has 0 unspecified atom stereocenters. The molecule has 8 nitrogen and oxygen atoms in total. The lowest BCUT2D eigenvalue weighted by Gasteiger charge is -2.15. The van der Waals surface area contributed by atoms with E-state index < -0.39 is 12.0 Å². The van der Waals surface area contributed by atoms with Gasteiger partial charge in [0.1, 0.15) is 5.75 Å². The summed E-state index contributed by atoms with van der Waals surface area (Å²) in [5.41, 5.74) is 0.813. The van der Waals surface area contributed by atoms with Gasteiger partial charge in [-0.05, 0) is 36.2 Å². The summed E-state index contributed by atoms with van der Waals surface area (Å²) >= 11 is 0. The fraction of sp³-hybridized carbons (Fsp3) is 0.273. The average molecular weight is 409 g/mol. The van der Waals surface area contributed by atoms with E-state index in [9.17, 15) is 19.2 Å². The minimum Gasteiger partial charge on any atom is -0.410 e. The summed E-state index contributed by atoms with van der Waals surface area (Å²) in [6, 6.07) is 13.1. The van der Waals surface area contributed by atoms with Gasteiger partial charge in [-0.15, -0.1) is 0 Å². The van der Waals surface area contributed by atoms with Crippen LogP contribution in [0.2, 0.25) is 0 Å². The highest BCUT2D eigenvalue weighted by Crippen LogP contribution is 2.24. The Labute approximate surface area is 174 Å². The number of imide groups is 1. The zero-order valence-corrected chi connectivity index (χ0v) is 16.8. The van der Waals surface area contributed by atoms with Gasteiger partial charge in [-0.2, -0.15) is 0 Å². The zero-order valence-electron chi connectivity index (χ0n) is 16.8. The van der Waals surface area contributed by atoms with Gasteiger partial charge in [0.15, 0.2) is 0 Å². The van der Waals surface area contributed by atoms with Crippen molar-refractivity contribution in [1.82, 2.24) is 15.5 Å². The summed E-state index contributed by atoms with van der Waals surface area (Å²) in [4.78, 5) is 50.2. The Balaban J connectivity index is 1.51. The van der Waals surface area contributed by atoms with Gasteiger partial charge in [0.2, 0.25) is 0 Å². The molecule has 30 heavy (non-hydrogen) atoms. The second kappa shape index (κ2) is 9.21. The van der Waals surface area contributed by atoms with E-state index in [0.717, 1.165) is 0 Å². The van der Waals surface area contributed by atoms with Gasteiger partial charge in [0, 0.05) is 25.2 Å². The largest absolute Gasteiger partial charge is 0.412 e. The molecule has 0 saturated carbocycles. The van der Waals surface area contributed by atoms with E-state index in [-0.39, 0.29) is 41.9 Å². The molecule has 4 amide bonds. The van der Waals surface area contributed by atoms with Gasteiger partial charge in [-0.25, -0.2) is 4.79 Å². The Morgan fingerprint density at radius 1 is 0.933 bits per heavy atom. The third kappa shape index (κ3) is 4.83. The Hall–Kier alpha value is -3.68. The fourth-order valence-corrected chi connectivity index (χ4v) is 3.04. The predicted molar refractivity (Wildman–Crippen MR) is 109 cm³/mol. The molecule has 0 spiro atoms. The van der Waals surface area contributed by atoms with E-state index in [4.69, 9.17) is 4.74 Å². The van der Waals surface area contributed by atoms with Crippen LogP contribution in [-0.4, -0.2) is 48.3 Å². The molecular weight excluding hydrogens is 386 g/mol. The van der Waals surface area contributed by atoms with E-state index in [0.29, 0.717) is 17.9 Å². The van der Waals surface area contributed by atoms with Crippen LogP contribution in [0.5, 0.6) is 5.75 Å². The SMILES string of the molecule is CC(C)CN1C(=O)c2ccc(C(=O)NCCNC(=O)Oc3ccccc3)cc2C1=O. The van der Waals surface area contributed by atoms with Crippen LogP contribution < -0.4 is 15.4 Å². The van der Waals surface area contributed by atoms with Crippen LogP contribution in [0, 0.1) is 5.92 Å². The number of hydrogen-bond donors (Lipinski definition) is 2. The van der Waals surface area contributed by atoms with Crippen LogP contribution in [0.25, 0.3) is 0 Å². The smallest absolute Gasteiger partial charge is 0.410 e. The minimum absolute atomic E-state index is 0.149. The lowest BCUT2D eigenvalue weighted by Crippen LogP contribution is -2.36. The average Bonchev–Trinajstić information content (AvgIpc) is 2.96. The van der Waals surface area contributed by atoms with Crippen molar-refractivity contribution in [3.63, 3.8) is 0 Å². The molecule has 156 valence electrons. The number of hydrogen-bond acceptors (Lipinski definition) is 5. The molecule has 1 aliphatic rings. The molecule has 0 atom stereocenters. The maximum atomic E-state index is 12.5. The monoisotopic (exact) mass is 409 g/mol. The van der Waals surface area contributed by atoms with E-state index in [1.165, 1.54) is 23.1 Å². The summed E-state index contributed by atoms with van der Waals surface area (Å²) in [5, 5.41) is 5.19. The topological polar surface area (TPSA) is 105 Å². The predicted octanol–water partition coefficient (Wildman–Crippen LogP) is 2.46. The van der Waals surface area contributed by atoms with Crippen LogP contribution in [0.15, 0.2) is 48.5 Å². The highest BCUT2D eigenvalue weighted by Gasteiger charge is 2.36. The highest BCUT2D eigenvalue weighted by atomic mass is 16.6. The Morgan fingerprint density at radius 2 is 1.60 bits per heavy atom. The molecule has 0 saturated heterocycles. The number of carbonyl (C=O) groups excluding carboxylic acids is 4. The van der Waals surface area contributed by atoms with E-state index in [1.54, 1.807) is 24.3 Å². The van der Waals surface area contributed by atoms with Crippen molar-refractivity contribution in [2.24, 2.45) is 5.92 Å². The maximum absolute atomic E-state index is 12.5. The number of ether oxygens (including phenoxy) is 1. The quantitative estimate of drug-likeness (QED) is 0.540. The van der Waals surface area contributed by atoms with Gasteiger partial charge in [-0.1, -0.05) is 32.0 Å². The van der Waals surface area contributed by atoms with E-state index in [2.05, 4.69) is 10.6 Å².